The lowest BCUT2D eigenvalue weighted by Crippen LogP contribution is -2.44. The number of carbonyl (C=O) groups is 4. The summed E-state index contributed by atoms with van der Waals surface area (Å²) in [7, 11) is 0. The molecule has 0 aliphatic heterocycles. The SMILES string of the molecule is Cc1ccc(NC(=O)NNC(=O)c2ccccc2Cl)cc1NC(=O)NNC(=O)c1ccccc1Cl. The fourth-order valence-electron chi connectivity index (χ4n) is 2.80. The van der Waals surface area contributed by atoms with Gasteiger partial charge in [-0.3, -0.25) is 20.4 Å². The summed E-state index contributed by atoms with van der Waals surface area (Å²) in [5.74, 6) is -1.18. The normalized spacial score (nSPS) is 10.0. The van der Waals surface area contributed by atoms with Crippen LogP contribution in [0, 0.1) is 6.92 Å². The fourth-order valence-corrected chi connectivity index (χ4v) is 3.25. The van der Waals surface area contributed by atoms with Crippen LogP contribution in [0.4, 0.5) is 21.0 Å². The van der Waals surface area contributed by atoms with Gasteiger partial charge in [0.1, 0.15) is 0 Å². The fraction of sp³-hybridized carbons (Fsp3) is 0.0435. The minimum atomic E-state index is -0.725. The second kappa shape index (κ2) is 11.7. The van der Waals surface area contributed by atoms with E-state index in [1.54, 1.807) is 55.5 Å². The third-order valence-corrected chi connectivity index (χ3v) is 5.22. The molecule has 0 heterocycles. The number of hydrogen-bond acceptors (Lipinski definition) is 4. The number of amides is 6. The van der Waals surface area contributed by atoms with Crippen LogP contribution in [0.2, 0.25) is 10.0 Å². The van der Waals surface area contributed by atoms with Gasteiger partial charge in [0.15, 0.2) is 0 Å². The van der Waals surface area contributed by atoms with E-state index in [9.17, 15) is 19.2 Å². The van der Waals surface area contributed by atoms with E-state index in [1.807, 2.05) is 0 Å². The first kappa shape index (κ1) is 25.3. The highest BCUT2D eigenvalue weighted by atomic mass is 35.5. The van der Waals surface area contributed by atoms with Gasteiger partial charge in [-0.25, -0.2) is 20.4 Å². The van der Waals surface area contributed by atoms with Crippen LogP contribution in [0.25, 0.3) is 0 Å². The number of nitrogens with one attached hydrogen (secondary N) is 6. The standard InChI is InChI=1S/C23H20Cl2N6O4/c1-13-10-11-14(26-22(34)30-28-20(32)15-6-2-4-8-17(15)24)12-19(13)27-23(35)31-29-21(33)16-7-3-5-9-18(16)25/h2-12H,1H3,(H,28,32)(H,29,33)(H2,26,30,34)(H2,27,31,35). The molecule has 3 aromatic rings. The summed E-state index contributed by atoms with van der Waals surface area (Å²) in [6.07, 6.45) is 0. The minimum Gasteiger partial charge on any atom is -0.307 e. The van der Waals surface area contributed by atoms with Crippen molar-refractivity contribution in [3.05, 3.63) is 93.5 Å². The van der Waals surface area contributed by atoms with E-state index in [0.717, 1.165) is 0 Å². The van der Waals surface area contributed by atoms with Crippen molar-refractivity contribution < 1.29 is 19.2 Å². The number of hydrogen-bond donors (Lipinski definition) is 6. The molecule has 0 bridgehead atoms. The molecule has 0 spiro atoms. The van der Waals surface area contributed by atoms with Gasteiger partial charge in [-0.1, -0.05) is 53.5 Å². The highest BCUT2D eigenvalue weighted by Crippen LogP contribution is 2.20. The van der Waals surface area contributed by atoms with Gasteiger partial charge >= 0.3 is 12.1 Å². The van der Waals surface area contributed by atoms with Crippen molar-refractivity contribution >= 4 is 58.5 Å². The highest BCUT2D eigenvalue weighted by molar-refractivity contribution is 6.34. The molecule has 10 nitrogen and oxygen atoms in total. The van der Waals surface area contributed by atoms with Crippen molar-refractivity contribution in [1.29, 1.82) is 0 Å². The number of anilines is 2. The maximum absolute atomic E-state index is 12.2. The first-order valence-electron chi connectivity index (χ1n) is 10.1. The molecule has 6 amide bonds. The third kappa shape index (κ3) is 7.10. The molecule has 0 fully saturated rings. The lowest BCUT2D eigenvalue weighted by atomic mass is 10.2. The first-order valence-corrected chi connectivity index (χ1v) is 10.8. The Labute approximate surface area is 210 Å². The minimum absolute atomic E-state index is 0.198. The van der Waals surface area contributed by atoms with Crippen molar-refractivity contribution in [2.45, 2.75) is 6.92 Å². The lowest BCUT2D eigenvalue weighted by molar-refractivity contribution is 0.0931. The summed E-state index contributed by atoms with van der Waals surface area (Å²) >= 11 is 11.9. The van der Waals surface area contributed by atoms with E-state index < -0.39 is 23.9 Å². The van der Waals surface area contributed by atoms with Crippen LogP contribution >= 0.6 is 23.2 Å². The molecule has 0 saturated heterocycles. The van der Waals surface area contributed by atoms with E-state index in [1.165, 1.54) is 18.2 Å². The number of hydrazine groups is 2. The Morgan fingerprint density at radius 1 is 0.629 bits per heavy atom. The molecule has 0 aliphatic rings. The molecule has 3 rings (SSSR count). The lowest BCUT2D eigenvalue weighted by Gasteiger charge is -2.14. The van der Waals surface area contributed by atoms with Crippen molar-refractivity contribution in [2.24, 2.45) is 0 Å². The molecule has 3 aromatic carbocycles. The second-order valence-corrected chi connectivity index (χ2v) is 7.87. The Balaban J connectivity index is 1.53. The van der Waals surface area contributed by atoms with Crippen LogP contribution < -0.4 is 32.3 Å². The average Bonchev–Trinajstić information content (AvgIpc) is 2.83. The van der Waals surface area contributed by atoms with Crippen LogP contribution in [0.15, 0.2) is 66.7 Å². The summed E-state index contributed by atoms with van der Waals surface area (Å²) in [4.78, 5) is 48.7. The number of urea groups is 2. The largest absolute Gasteiger partial charge is 0.337 e. The zero-order valence-electron chi connectivity index (χ0n) is 18.2. The highest BCUT2D eigenvalue weighted by Gasteiger charge is 2.13. The van der Waals surface area contributed by atoms with Crippen LogP contribution in [0.1, 0.15) is 26.3 Å². The molecule has 6 N–H and O–H groups in total. The first-order chi connectivity index (χ1) is 16.7. The average molecular weight is 515 g/mol. The van der Waals surface area contributed by atoms with Crippen molar-refractivity contribution in [1.82, 2.24) is 21.7 Å². The molecule has 0 radical (unpaired) electrons. The number of halogens is 2. The predicted molar refractivity (Wildman–Crippen MR) is 133 cm³/mol. The molecule has 0 unspecified atom stereocenters. The van der Waals surface area contributed by atoms with Gasteiger partial charge in [0, 0.05) is 11.4 Å². The van der Waals surface area contributed by atoms with Gasteiger partial charge < -0.3 is 10.6 Å². The molecule has 35 heavy (non-hydrogen) atoms. The van der Waals surface area contributed by atoms with Gasteiger partial charge in [0.05, 0.1) is 21.2 Å². The van der Waals surface area contributed by atoms with Gasteiger partial charge in [0.2, 0.25) is 0 Å². The number of rotatable bonds is 4. The number of benzene rings is 3. The van der Waals surface area contributed by atoms with Gasteiger partial charge in [0.25, 0.3) is 11.8 Å². The van der Waals surface area contributed by atoms with E-state index >= 15 is 0 Å². The van der Waals surface area contributed by atoms with Crippen molar-refractivity contribution in [3.8, 4) is 0 Å². The zero-order valence-corrected chi connectivity index (χ0v) is 19.8. The summed E-state index contributed by atoms with van der Waals surface area (Å²) < 4.78 is 0. The van der Waals surface area contributed by atoms with E-state index in [0.29, 0.717) is 16.9 Å². The number of carbonyl (C=O) groups excluding carboxylic acids is 4. The van der Waals surface area contributed by atoms with Crippen molar-refractivity contribution in [2.75, 3.05) is 10.6 Å². The molecular formula is C23H20Cl2N6O4. The Morgan fingerprint density at radius 2 is 1.11 bits per heavy atom. The summed E-state index contributed by atoms with van der Waals surface area (Å²) in [6, 6.07) is 16.1. The Morgan fingerprint density at radius 3 is 1.63 bits per heavy atom. The van der Waals surface area contributed by atoms with Gasteiger partial charge in [-0.05, 0) is 48.9 Å². The topological polar surface area (TPSA) is 140 Å². The molecular weight excluding hydrogens is 495 g/mol. The monoisotopic (exact) mass is 514 g/mol. The number of aryl methyl sites for hydroxylation is 1. The van der Waals surface area contributed by atoms with E-state index in [2.05, 4.69) is 32.3 Å². The Hall–Kier alpha value is -4.28. The molecule has 180 valence electrons. The van der Waals surface area contributed by atoms with Crippen LogP contribution in [0.3, 0.4) is 0 Å². The van der Waals surface area contributed by atoms with Crippen LogP contribution in [0.5, 0.6) is 0 Å². The maximum atomic E-state index is 12.2. The summed E-state index contributed by atoms with van der Waals surface area (Å²) in [5, 5.41) is 5.58. The second-order valence-electron chi connectivity index (χ2n) is 7.06. The van der Waals surface area contributed by atoms with E-state index in [-0.39, 0.29) is 21.2 Å². The van der Waals surface area contributed by atoms with Crippen LogP contribution in [-0.2, 0) is 0 Å². The molecule has 0 aliphatic carbocycles. The molecule has 0 aromatic heterocycles. The van der Waals surface area contributed by atoms with Gasteiger partial charge in [-0.2, -0.15) is 0 Å². The Kier molecular flexibility index (Phi) is 8.49. The predicted octanol–water partition coefficient (Wildman–Crippen LogP) is 4.23. The zero-order chi connectivity index (χ0) is 25.4. The molecule has 12 heteroatoms. The smallest absolute Gasteiger partial charge is 0.307 e. The van der Waals surface area contributed by atoms with Crippen molar-refractivity contribution in [3.63, 3.8) is 0 Å². The maximum Gasteiger partial charge on any atom is 0.337 e. The van der Waals surface area contributed by atoms with E-state index in [4.69, 9.17) is 23.2 Å². The summed E-state index contributed by atoms with van der Waals surface area (Å²) in [6.45, 7) is 1.74. The molecule has 0 saturated carbocycles. The Bertz CT molecular complexity index is 1280. The summed E-state index contributed by atoms with van der Waals surface area (Å²) in [5.41, 5.74) is 10.7. The van der Waals surface area contributed by atoms with Gasteiger partial charge in [-0.15, -0.1) is 0 Å². The third-order valence-electron chi connectivity index (χ3n) is 4.56. The quantitative estimate of drug-likeness (QED) is 0.289. The molecule has 0 atom stereocenters. The van der Waals surface area contributed by atoms with Crippen LogP contribution in [-0.4, -0.2) is 23.9 Å².